The molecule has 0 amide bonds. The van der Waals surface area contributed by atoms with Crippen LogP contribution in [0, 0.1) is 17.1 Å². The van der Waals surface area contributed by atoms with Crippen LogP contribution in [0.25, 0.3) is 0 Å². The molecule has 1 radical (unpaired) electrons. The third-order valence-electron chi connectivity index (χ3n) is 1.21. The normalized spacial score (nSPS) is 9.90. The van der Waals surface area contributed by atoms with Gasteiger partial charge in [0.15, 0.2) is 0 Å². The van der Waals surface area contributed by atoms with E-state index in [9.17, 15) is 0 Å². The van der Waals surface area contributed by atoms with Gasteiger partial charge in [-0.25, -0.2) is 0 Å². The molecule has 0 bridgehead atoms. The van der Waals surface area contributed by atoms with Gasteiger partial charge >= 0.3 is 0 Å². The van der Waals surface area contributed by atoms with Crippen LogP contribution in [-0.2, 0) is 0 Å². The molecule has 0 aromatic heterocycles. The van der Waals surface area contributed by atoms with Crippen molar-refractivity contribution in [3.8, 4) is 0 Å². The van der Waals surface area contributed by atoms with E-state index < -0.39 is 0 Å². The van der Waals surface area contributed by atoms with Crippen LogP contribution in [-0.4, -0.2) is 5.11 Å². The fraction of sp³-hybridized carbons (Fsp3) is 0.125. The molecule has 0 atom stereocenters. The van der Waals surface area contributed by atoms with Crippen LogP contribution in [0.2, 0.25) is 0 Å². The third-order valence-corrected chi connectivity index (χ3v) is 1.84. The van der Waals surface area contributed by atoms with Gasteiger partial charge in [-0.05, 0) is 52.8 Å². The van der Waals surface area contributed by atoms with Crippen molar-refractivity contribution in [2.24, 2.45) is 0 Å². The van der Waals surface area contributed by atoms with Crippen molar-refractivity contribution < 1.29 is 5.11 Å². The van der Waals surface area contributed by atoms with E-state index in [4.69, 9.17) is 5.11 Å². The second kappa shape index (κ2) is 3.34. The zero-order chi connectivity index (χ0) is 7.56. The quantitative estimate of drug-likeness (QED) is 0.756. The topological polar surface area (TPSA) is 20.2 Å². The number of halogens is 1. The Morgan fingerprint density at radius 1 is 1.40 bits per heavy atom. The highest BCUT2D eigenvalue weighted by Gasteiger charge is 1.93. The third kappa shape index (κ3) is 1.95. The van der Waals surface area contributed by atoms with E-state index in [1.54, 1.807) is 0 Å². The number of aliphatic hydroxyl groups excluding tert-OH is 1. The van der Waals surface area contributed by atoms with Crippen LogP contribution in [0.5, 0.6) is 0 Å². The highest BCUT2D eigenvalue weighted by Crippen LogP contribution is 2.11. The Morgan fingerprint density at radius 3 is 2.60 bits per heavy atom. The van der Waals surface area contributed by atoms with Gasteiger partial charge in [0.25, 0.3) is 0 Å². The largest absolute Gasteiger partial charge is 0.385 e. The standard InChI is InChI=1S/C8H8IO/c1-6-2-7(5-10)4-8(9)3-6/h2-5,10H,1H3. The zero-order valence-electron chi connectivity index (χ0n) is 5.63. The van der Waals surface area contributed by atoms with Crippen molar-refractivity contribution in [1.29, 1.82) is 0 Å². The molecule has 0 aliphatic rings. The van der Waals surface area contributed by atoms with Crippen LogP contribution in [0.3, 0.4) is 0 Å². The van der Waals surface area contributed by atoms with E-state index in [0.717, 1.165) is 15.7 Å². The summed E-state index contributed by atoms with van der Waals surface area (Å²) < 4.78 is 1.15. The van der Waals surface area contributed by atoms with Crippen LogP contribution >= 0.6 is 22.6 Å². The predicted octanol–water partition coefficient (Wildman–Crippen LogP) is 2.48. The Hall–Kier alpha value is -0.0900. The fourth-order valence-corrected chi connectivity index (χ4v) is 1.69. The van der Waals surface area contributed by atoms with E-state index in [-0.39, 0.29) is 0 Å². The molecule has 0 heterocycles. The number of hydrogen-bond donors (Lipinski definition) is 1. The zero-order valence-corrected chi connectivity index (χ0v) is 7.79. The minimum atomic E-state index is 0.865. The first-order valence-electron chi connectivity index (χ1n) is 2.97. The Morgan fingerprint density at radius 2 is 2.10 bits per heavy atom. The van der Waals surface area contributed by atoms with Crippen molar-refractivity contribution in [3.63, 3.8) is 0 Å². The number of rotatable bonds is 1. The summed E-state index contributed by atoms with van der Waals surface area (Å²) in [6.07, 6.45) is 0. The van der Waals surface area contributed by atoms with Gasteiger partial charge in [-0.15, -0.1) is 0 Å². The molecule has 1 nitrogen and oxygen atoms in total. The minimum Gasteiger partial charge on any atom is -0.385 e. The molecule has 0 spiro atoms. The molecule has 1 aromatic carbocycles. The monoisotopic (exact) mass is 247 g/mol. The average molecular weight is 247 g/mol. The van der Waals surface area contributed by atoms with Gasteiger partial charge in [0.1, 0.15) is 6.61 Å². The van der Waals surface area contributed by atoms with Crippen molar-refractivity contribution >= 4 is 22.6 Å². The maximum absolute atomic E-state index is 8.66. The lowest BCUT2D eigenvalue weighted by atomic mass is 10.1. The number of aliphatic hydroxyl groups is 1. The summed E-state index contributed by atoms with van der Waals surface area (Å²) in [5.41, 5.74) is 2.04. The predicted molar refractivity (Wildman–Crippen MR) is 49.2 cm³/mol. The maximum Gasteiger partial charge on any atom is 0.109 e. The lowest BCUT2D eigenvalue weighted by Gasteiger charge is -1.98. The summed E-state index contributed by atoms with van der Waals surface area (Å²) in [6.45, 7) is 3.13. The molecule has 1 N–H and O–H groups in total. The first kappa shape index (κ1) is 8.01. The summed E-state index contributed by atoms with van der Waals surface area (Å²) in [5, 5.41) is 8.66. The lowest BCUT2D eigenvalue weighted by Crippen LogP contribution is -1.83. The average Bonchev–Trinajstić information content (AvgIpc) is 1.85. The molecular formula is C8H8IO. The summed E-state index contributed by atoms with van der Waals surface area (Å²) in [4.78, 5) is 0. The van der Waals surface area contributed by atoms with Gasteiger partial charge in [0.2, 0.25) is 0 Å². The summed E-state index contributed by atoms with van der Waals surface area (Å²) in [7, 11) is 0. The first-order chi connectivity index (χ1) is 4.72. The molecule has 1 rings (SSSR count). The van der Waals surface area contributed by atoms with E-state index in [0.29, 0.717) is 0 Å². The second-order valence-corrected chi connectivity index (χ2v) is 3.44. The summed E-state index contributed by atoms with van der Waals surface area (Å²) >= 11 is 2.22. The molecule has 0 saturated heterocycles. The molecule has 0 aliphatic carbocycles. The Kier molecular flexibility index (Phi) is 2.68. The fourth-order valence-electron chi connectivity index (χ4n) is 0.839. The molecule has 10 heavy (non-hydrogen) atoms. The van der Waals surface area contributed by atoms with E-state index >= 15 is 0 Å². The van der Waals surface area contributed by atoms with Gasteiger partial charge in [-0.3, -0.25) is 0 Å². The SMILES string of the molecule is Cc1cc(I)cc([CH]O)c1. The maximum atomic E-state index is 8.66. The van der Waals surface area contributed by atoms with E-state index in [2.05, 4.69) is 28.7 Å². The highest BCUT2D eigenvalue weighted by molar-refractivity contribution is 14.1. The summed E-state index contributed by atoms with van der Waals surface area (Å²) in [6, 6.07) is 5.92. The molecule has 53 valence electrons. The molecular weight excluding hydrogens is 239 g/mol. The van der Waals surface area contributed by atoms with Gasteiger partial charge in [-0.1, -0.05) is 6.07 Å². The lowest BCUT2D eigenvalue weighted by molar-refractivity contribution is 0.415. The van der Waals surface area contributed by atoms with Gasteiger partial charge < -0.3 is 5.11 Å². The van der Waals surface area contributed by atoms with Crippen LogP contribution in [0.4, 0.5) is 0 Å². The second-order valence-electron chi connectivity index (χ2n) is 2.19. The first-order valence-corrected chi connectivity index (χ1v) is 4.05. The number of benzene rings is 1. The minimum absolute atomic E-state index is 0.865. The number of hydrogen-bond acceptors (Lipinski definition) is 1. The summed E-state index contributed by atoms with van der Waals surface area (Å²) in [5.74, 6) is 0. The molecule has 0 fully saturated rings. The molecule has 2 heteroatoms. The van der Waals surface area contributed by atoms with E-state index in [1.807, 2.05) is 19.1 Å². The van der Waals surface area contributed by atoms with Gasteiger partial charge in [0.05, 0.1) is 0 Å². The van der Waals surface area contributed by atoms with Crippen molar-refractivity contribution in [2.45, 2.75) is 6.92 Å². The van der Waals surface area contributed by atoms with Crippen LogP contribution < -0.4 is 0 Å². The van der Waals surface area contributed by atoms with Crippen LogP contribution in [0.15, 0.2) is 18.2 Å². The Labute approximate surface area is 74.2 Å². The number of aryl methyl sites for hydroxylation is 1. The van der Waals surface area contributed by atoms with Gasteiger partial charge in [0, 0.05) is 3.57 Å². The molecule has 0 aliphatic heterocycles. The highest BCUT2D eigenvalue weighted by atomic mass is 127. The van der Waals surface area contributed by atoms with Crippen molar-refractivity contribution in [2.75, 3.05) is 0 Å². The molecule has 0 saturated carbocycles. The van der Waals surface area contributed by atoms with E-state index in [1.165, 1.54) is 5.56 Å². The van der Waals surface area contributed by atoms with Crippen molar-refractivity contribution in [3.05, 3.63) is 39.5 Å². The Bertz CT molecular complexity index is 212. The van der Waals surface area contributed by atoms with Gasteiger partial charge in [-0.2, -0.15) is 0 Å². The smallest absolute Gasteiger partial charge is 0.109 e. The molecule has 0 unspecified atom stereocenters. The Balaban J connectivity index is 3.06. The van der Waals surface area contributed by atoms with Crippen molar-refractivity contribution in [1.82, 2.24) is 0 Å². The van der Waals surface area contributed by atoms with Crippen LogP contribution in [0.1, 0.15) is 11.1 Å². The molecule has 1 aromatic rings.